The van der Waals surface area contributed by atoms with Gasteiger partial charge in [-0.3, -0.25) is 4.99 Å². The summed E-state index contributed by atoms with van der Waals surface area (Å²) >= 11 is 0. The zero-order chi connectivity index (χ0) is 17.8. The van der Waals surface area contributed by atoms with Crippen LogP contribution in [0.2, 0.25) is 0 Å². The monoisotopic (exact) mass is 483 g/mol. The van der Waals surface area contributed by atoms with Gasteiger partial charge < -0.3 is 14.8 Å². The Bertz CT molecular complexity index is 684. The molecule has 9 heteroatoms. The summed E-state index contributed by atoms with van der Waals surface area (Å²) in [4.78, 5) is 10.6. The number of unbranched alkanes of at least 4 members (excludes halogenated alkanes) is 1. The first-order valence-corrected chi connectivity index (χ1v) is 10.1. The number of halogens is 1. The van der Waals surface area contributed by atoms with Crippen LogP contribution in [0.5, 0.6) is 0 Å². The van der Waals surface area contributed by atoms with Crippen molar-refractivity contribution in [3.63, 3.8) is 0 Å². The number of aryl methyl sites for hydroxylation is 2. The van der Waals surface area contributed by atoms with Gasteiger partial charge in [0.1, 0.15) is 5.82 Å². The van der Waals surface area contributed by atoms with Crippen LogP contribution in [0.4, 0.5) is 0 Å². The van der Waals surface area contributed by atoms with Crippen LogP contribution in [0, 0.1) is 6.92 Å². The molecule has 1 N–H and O–H groups in total. The van der Waals surface area contributed by atoms with Gasteiger partial charge in [-0.15, -0.1) is 24.0 Å². The van der Waals surface area contributed by atoms with Gasteiger partial charge in [-0.05, 0) is 33.6 Å². The number of hydrogen-bond donors (Lipinski definition) is 1. The molecule has 0 saturated carbocycles. The quantitative estimate of drug-likeness (QED) is 0.299. The van der Waals surface area contributed by atoms with Gasteiger partial charge in [0, 0.05) is 45.6 Å². The second kappa shape index (κ2) is 9.20. The molecule has 1 aliphatic rings. The molecule has 1 saturated heterocycles. The molecule has 1 aromatic heterocycles. The van der Waals surface area contributed by atoms with Crippen LogP contribution in [0.25, 0.3) is 0 Å². The van der Waals surface area contributed by atoms with Crippen molar-refractivity contribution in [1.29, 1.82) is 0 Å². The zero-order valence-corrected chi connectivity index (χ0v) is 18.7. The smallest absolute Gasteiger partial charge is 0.193 e. The van der Waals surface area contributed by atoms with Gasteiger partial charge >= 0.3 is 0 Å². The van der Waals surface area contributed by atoms with Crippen molar-refractivity contribution in [2.75, 3.05) is 32.4 Å². The van der Waals surface area contributed by atoms with E-state index in [2.05, 4.69) is 19.9 Å². The molecule has 0 bridgehead atoms. The molecule has 144 valence electrons. The predicted octanol–water partition coefficient (Wildman–Crippen LogP) is 1.67. The van der Waals surface area contributed by atoms with Crippen molar-refractivity contribution in [1.82, 2.24) is 19.8 Å². The zero-order valence-electron chi connectivity index (χ0n) is 15.5. The first-order chi connectivity index (χ1) is 11.3. The molecule has 1 aromatic rings. The van der Waals surface area contributed by atoms with Gasteiger partial charge in [-0.25, -0.2) is 13.4 Å². The Morgan fingerprint density at radius 1 is 1.40 bits per heavy atom. The van der Waals surface area contributed by atoms with Gasteiger partial charge in [-0.2, -0.15) is 0 Å². The minimum atomic E-state index is -3.03. The second-order valence-corrected chi connectivity index (χ2v) is 9.59. The van der Waals surface area contributed by atoms with E-state index < -0.39 is 14.6 Å². The molecule has 2 heterocycles. The van der Waals surface area contributed by atoms with E-state index in [1.807, 2.05) is 24.2 Å². The number of guanidine groups is 1. The molecule has 0 spiro atoms. The van der Waals surface area contributed by atoms with Crippen LogP contribution >= 0.6 is 24.0 Å². The van der Waals surface area contributed by atoms with Crippen molar-refractivity contribution in [3.05, 3.63) is 18.2 Å². The average molecular weight is 483 g/mol. The predicted molar refractivity (Wildman–Crippen MR) is 112 cm³/mol. The summed E-state index contributed by atoms with van der Waals surface area (Å²) in [5, 5.41) is 3.36. The summed E-state index contributed by atoms with van der Waals surface area (Å²) in [5.74, 6) is 2.01. The number of hydrogen-bond acceptors (Lipinski definition) is 4. The van der Waals surface area contributed by atoms with Crippen molar-refractivity contribution < 1.29 is 8.42 Å². The first kappa shape index (κ1) is 22.2. The lowest BCUT2D eigenvalue weighted by Gasteiger charge is -2.39. The van der Waals surface area contributed by atoms with Crippen molar-refractivity contribution in [3.8, 4) is 0 Å². The van der Waals surface area contributed by atoms with Crippen LogP contribution in [0.1, 0.15) is 32.5 Å². The summed E-state index contributed by atoms with van der Waals surface area (Å²) in [6, 6.07) is 0. The van der Waals surface area contributed by atoms with Crippen LogP contribution in [0.3, 0.4) is 0 Å². The van der Waals surface area contributed by atoms with E-state index in [0.29, 0.717) is 13.1 Å². The number of sulfone groups is 1. The van der Waals surface area contributed by atoms with E-state index in [4.69, 9.17) is 0 Å². The molecule has 7 nitrogen and oxygen atoms in total. The topological polar surface area (TPSA) is 79.6 Å². The second-order valence-electron chi connectivity index (χ2n) is 6.85. The number of nitrogens with one attached hydrogen (secondary N) is 1. The lowest BCUT2D eigenvalue weighted by atomic mass is 10.2. The fraction of sp³-hybridized carbons (Fsp3) is 0.750. The fourth-order valence-corrected chi connectivity index (χ4v) is 4.27. The Kier molecular flexibility index (Phi) is 8.17. The molecule has 0 radical (unpaired) electrons. The largest absolute Gasteiger partial charge is 0.356 e. The minimum absolute atomic E-state index is 0. The maximum absolute atomic E-state index is 12.1. The van der Waals surface area contributed by atoms with Crippen LogP contribution in [-0.2, 0) is 16.4 Å². The van der Waals surface area contributed by atoms with Crippen molar-refractivity contribution in [2.24, 2.45) is 4.99 Å². The Morgan fingerprint density at radius 3 is 2.68 bits per heavy atom. The summed E-state index contributed by atoms with van der Waals surface area (Å²) in [7, 11) is -1.28. The third-order valence-electron chi connectivity index (χ3n) is 4.59. The van der Waals surface area contributed by atoms with Crippen LogP contribution in [0.15, 0.2) is 17.4 Å². The van der Waals surface area contributed by atoms with E-state index >= 15 is 0 Å². The number of imidazole rings is 1. The number of nitrogens with zero attached hydrogens (tertiary/aromatic N) is 4. The molecule has 25 heavy (non-hydrogen) atoms. The number of aliphatic imine (C=N–C) groups is 1. The van der Waals surface area contributed by atoms with E-state index in [9.17, 15) is 8.42 Å². The minimum Gasteiger partial charge on any atom is -0.356 e. The molecule has 0 atom stereocenters. The molecule has 2 rings (SSSR count). The highest BCUT2D eigenvalue weighted by atomic mass is 127. The van der Waals surface area contributed by atoms with E-state index in [0.717, 1.165) is 37.7 Å². The SMILES string of the molecule is CN=C(NCCCCn1ccnc1C)N1CCS(=O)(=O)C(C)(C)C1.I. The van der Waals surface area contributed by atoms with Crippen LogP contribution in [-0.4, -0.2) is 66.0 Å². The summed E-state index contributed by atoms with van der Waals surface area (Å²) in [6.45, 7) is 8.34. The Balaban J connectivity index is 0.00000312. The standard InChI is InChI=1S/C16H29N5O2S.HI/c1-14-18-8-10-20(14)9-6-5-7-19-15(17-4)21-11-12-24(22,23)16(2,3)13-21;/h8,10H,5-7,9,11-13H2,1-4H3,(H,17,19);1H. The Morgan fingerprint density at radius 2 is 2.12 bits per heavy atom. The summed E-state index contributed by atoms with van der Waals surface area (Å²) in [6.07, 6.45) is 5.90. The van der Waals surface area contributed by atoms with Gasteiger partial charge in [0.2, 0.25) is 0 Å². The number of aromatic nitrogens is 2. The third kappa shape index (κ3) is 5.57. The van der Waals surface area contributed by atoms with Crippen molar-refractivity contribution >= 4 is 39.8 Å². The molecule has 1 aliphatic heterocycles. The van der Waals surface area contributed by atoms with E-state index in [1.54, 1.807) is 20.9 Å². The maximum atomic E-state index is 12.1. The molecule has 0 unspecified atom stereocenters. The maximum Gasteiger partial charge on any atom is 0.193 e. The van der Waals surface area contributed by atoms with Crippen LogP contribution < -0.4 is 5.32 Å². The molecule has 0 aliphatic carbocycles. The molecule has 1 fully saturated rings. The highest BCUT2D eigenvalue weighted by Crippen LogP contribution is 2.23. The van der Waals surface area contributed by atoms with Gasteiger partial charge in [0.15, 0.2) is 15.8 Å². The highest BCUT2D eigenvalue weighted by molar-refractivity contribution is 14.0. The Hall–Kier alpha value is -0.840. The highest BCUT2D eigenvalue weighted by Gasteiger charge is 2.40. The lowest BCUT2D eigenvalue weighted by Crippen LogP contribution is -2.57. The molecule has 0 aromatic carbocycles. The summed E-state index contributed by atoms with van der Waals surface area (Å²) in [5.41, 5.74) is 0. The van der Waals surface area contributed by atoms with E-state index in [1.165, 1.54) is 0 Å². The van der Waals surface area contributed by atoms with Gasteiger partial charge in [-0.1, -0.05) is 0 Å². The van der Waals surface area contributed by atoms with E-state index in [-0.39, 0.29) is 29.7 Å². The third-order valence-corrected chi connectivity index (χ3v) is 7.12. The normalized spacial score (nSPS) is 19.4. The van der Waals surface area contributed by atoms with Gasteiger partial charge in [0.25, 0.3) is 0 Å². The lowest BCUT2D eigenvalue weighted by molar-refractivity contribution is 0.353. The van der Waals surface area contributed by atoms with Gasteiger partial charge in [0.05, 0.1) is 10.5 Å². The van der Waals surface area contributed by atoms with Crippen molar-refractivity contribution in [2.45, 2.75) is 44.9 Å². The average Bonchev–Trinajstić information content (AvgIpc) is 2.91. The first-order valence-electron chi connectivity index (χ1n) is 8.42. The molecule has 0 amide bonds. The fourth-order valence-electron chi connectivity index (χ4n) is 2.90. The molecular formula is C16H30IN5O2S. The Labute approximate surface area is 168 Å². The number of rotatable bonds is 5. The summed E-state index contributed by atoms with van der Waals surface area (Å²) < 4.78 is 25.6. The molecular weight excluding hydrogens is 453 g/mol.